The van der Waals surface area contributed by atoms with Crippen LogP contribution < -0.4 is 4.74 Å². The van der Waals surface area contributed by atoms with Crippen molar-refractivity contribution in [2.75, 3.05) is 0 Å². The summed E-state index contributed by atoms with van der Waals surface area (Å²) in [4.78, 5) is 14.1. The van der Waals surface area contributed by atoms with Gasteiger partial charge in [-0.1, -0.05) is 11.6 Å². The van der Waals surface area contributed by atoms with Gasteiger partial charge in [0.2, 0.25) is 5.88 Å². The highest BCUT2D eigenvalue weighted by atomic mass is 127. The van der Waals surface area contributed by atoms with Crippen LogP contribution in [0.5, 0.6) is 11.6 Å². The quantitative estimate of drug-likeness (QED) is 0.442. The van der Waals surface area contributed by atoms with Crippen molar-refractivity contribution in [1.29, 1.82) is 5.26 Å². The standard InChI is InChI=1S/C12H5ClIN3O3/c13-8-2-4-12(16-10(8)6-15)20-11-5-7(17(18)19)1-3-9(11)14/h1-5H. The molecule has 100 valence electrons. The first-order valence-electron chi connectivity index (χ1n) is 5.19. The van der Waals surface area contributed by atoms with Crippen molar-refractivity contribution in [3.8, 4) is 17.7 Å². The maximum Gasteiger partial charge on any atom is 0.273 e. The van der Waals surface area contributed by atoms with Crippen LogP contribution in [0, 0.1) is 25.0 Å². The van der Waals surface area contributed by atoms with Gasteiger partial charge in [0.25, 0.3) is 5.69 Å². The lowest BCUT2D eigenvalue weighted by molar-refractivity contribution is -0.384. The molecule has 0 aliphatic heterocycles. The number of nitro groups is 1. The maximum absolute atomic E-state index is 10.7. The number of ether oxygens (including phenoxy) is 1. The second-order valence-corrected chi connectivity index (χ2v) is 5.14. The van der Waals surface area contributed by atoms with E-state index in [4.69, 9.17) is 21.6 Å². The molecule has 1 aromatic heterocycles. The summed E-state index contributed by atoms with van der Waals surface area (Å²) in [7, 11) is 0. The molecule has 0 saturated carbocycles. The van der Waals surface area contributed by atoms with Crippen LogP contribution in [0.4, 0.5) is 5.69 Å². The Morgan fingerprint density at radius 1 is 1.40 bits per heavy atom. The molecular formula is C12H5ClIN3O3. The van der Waals surface area contributed by atoms with Crippen molar-refractivity contribution in [3.63, 3.8) is 0 Å². The zero-order chi connectivity index (χ0) is 14.7. The lowest BCUT2D eigenvalue weighted by Gasteiger charge is -2.07. The zero-order valence-corrected chi connectivity index (χ0v) is 12.6. The first kappa shape index (κ1) is 14.5. The molecule has 6 nitrogen and oxygen atoms in total. The SMILES string of the molecule is N#Cc1nc(Oc2cc([N+](=O)[O-])ccc2I)ccc1Cl. The van der Waals surface area contributed by atoms with E-state index in [1.54, 1.807) is 6.07 Å². The highest BCUT2D eigenvalue weighted by Crippen LogP contribution is 2.30. The number of halogens is 2. The van der Waals surface area contributed by atoms with Gasteiger partial charge in [0, 0.05) is 12.1 Å². The van der Waals surface area contributed by atoms with Gasteiger partial charge in [0.15, 0.2) is 5.69 Å². The average molecular weight is 402 g/mol. The van der Waals surface area contributed by atoms with Crippen LogP contribution in [-0.4, -0.2) is 9.91 Å². The number of hydrogen-bond acceptors (Lipinski definition) is 5. The molecule has 0 fully saturated rings. The molecule has 0 saturated heterocycles. The van der Waals surface area contributed by atoms with Gasteiger partial charge in [-0.3, -0.25) is 10.1 Å². The third-order valence-electron chi connectivity index (χ3n) is 2.27. The number of aromatic nitrogens is 1. The van der Waals surface area contributed by atoms with Gasteiger partial charge < -0.3 is 4.74 Å². The van der Waals surface area contributed by atoms with Gasteiger partial charge >= 0.3 is 0 Å². The Kier molecular flexibility index (Phi) is 4.36. The normalized spacial score (nSPS) is 9.85. The summed E-state index contributed by atoms with van der Waals surface area (Å²) in [6.07, 6.45) is 0. The first-order chi connectivity index (χ1) is 9.51. The van der Waals surface area contributed by atoms with Crippen molar-refractivity contribution in [2.45, 2.75) is 0 Å². The minimum Gasteiger partial charge on any atom is -0.438 e. The van der Waals surface area contributed by atoms with E-state index in [0.717, 1.165) is 0 Å². The highest BCUT2D eigenvalue weighted by molar-refractivity contribution is 14.1. The summed E-state index contributed by atoms with van der Waals surface area (Å²) in [5.74, 6) is 0.433. The molecule has 0 atom stereocenters. The molecule has 2 aromatic rings. The van der Waals surface area contributed by atoms with Crippen LogP contribution in [0.3, 0.4) is 0 Å². The number of nitro benzene ring substituents is 1. The van der Waals surface area contributed by atoms with Crippen LogP contribution in [0.2, 0.25) is 5.02 Å². The Labute approximate surface area is 132 Å². The number of non-ortho nitro benzene ring substituents is 1. The average Bonchev–Trinajstić information content (AvgIpc) is 2.43. The predicted octanol–water partition coefficient (Wildman–Crippen LogP) is 3.91. The van der Waals surface area contributed by atoms with Gasteiger partial charge in [-0.2, -0.15) is 5.26 Å². The Morgan fingerprint density at radius 3 is 2.80 bits per heavy atom. The predicted molar refractivity (Wildman–Crippen MR) is 79.8 cm³/mol. The monoisotopic (exact) mass is 401 g/mol. The molecule has 0 bridgehead atoms. The van der Waals surface area contributed by atoms with Crippen molar-refractivity contribution >= 4 is 39.9 Å². The third kappa shape index (κ3) is 3.15. The van der Waals surface area contributed by atoms with Gasteiger partial charge in [-0.15, -0.1) is 0 Å². The van der Waals surface area contributed by atoms with Crippen LogP contribution in [0.1, 0.15) is 5.69 Å². The second kappa shape index (κ2) is 6.02. The summed E-state index contributed by atoms with van der Waals surface area (Å²) in [6, 6.07) is 9.04. The molecule has 2 rings (SSSR count). The van der Waals surface area contributed by atoms with Crippen LogP contribution in [0.25, 0.3) is 0 Å². The molecule has 20 heavy (non-hydrogen) atoms. The molecule has 1 aromatic carbocycles. The van der Waals surface area contributed by atoms with E-state index in [2.05, 4.69) is 4.98 Å². The highest BCUT2D eigenvalue weighted by Gasteiger charge is 2.12. The number of rotatable bonds is 3. The minimum atomic E-state index is -0.515. The van der Waals surface area contributed by atoms with Crippen LogP contribution in [-0.2, 0) is 0 Å². The number of nitriles is 1. The molecule has 0 radical (unpaired) electrons. The van der Waals surface area contributed by atoms with Gasteiger partial charge in [0.1, 0.15) is 11.8 Å². The molecular weight excluding hydrogens is 397 g/mol. The summed E-state index contributed by atoms with van der Waals surface area (Å²) in [5, 5.41) is 19.8. The molecule has 0 unspecified atom stereocenters. The molecule has 0 N–H and O–H groups in total. The number of pyridine rings is 1. The van der Waals surface area contributed by atoms with Crippen molar-refractivity contribution in [3.05, 3.63) is 54.7 Å². The Hall–Kier alpha value is -1.92. The summed E-state index contributed by atoms with van der Waals surface area (Å²) >= 11 is 7.75. The van der Waals surface area contributed by atoms with E-state index in [-0.39, 0.29) is 22.3 Å². The maximum atomic E-state index is 10.7. The summed E-state index contributed by atoms with van der Waals surface area (Å²) in [6.45, 7) is 0. The van der Waals surface area contributed by atoms with E-state index in [9.17, 15) is 10.1 Å². The van der Waals surface area contributed by atoms with Crippen molar-refractivity contribution in [2.24, 2.45) is 0 Å². The molecule has 1 heterocycles. The van der Waals surface area contributed by atoms with E-state index in [1.807, 2.05) is 28.7 Å². The molecule has 0 aliphatic carbocycles. The van der Waals surface area contributed by atoms with E-state index in [1.165, 1.54) is 24.3 Å². The van der Waals surface area contributed by atoms with Crippen molar-refractivity contribution < 1.29 is 9.66 Å². The summed E-state index contributed by atoms with van der Waals surface area (Å²) in [5.41, 5.74) is -0.0560. The minimum absolute atomic E-state index is 0.0320. The largest absolute Gasteiger partial charge is 0.438 e. The summed E-state index contributed by atoms with van der Waals surface area (Å²) < 4.78 is 6.15. The first-order valence-corrected chi connectivity index (χ1v) is 6.65. The third-order valence-corrected chi connectivity index (χ3v) is 3.46. The van der Waals surface area contributed by atoms with E-state index in [0.29, 0.717) is 9.32 Å². The van der Waals surface area contributed by atoms with Crippen molar-refractivity contribution in [1.82, 2.24) is 4.98 Å². The van der Waals surface area contributed by atoms with Crippen LogP contribution >= 0.6 is 34.2 Å². The molecule has 8 heteroatoms. The van der Waals surface area contributed by atoms with Gasteiger partial charge in [-0.25, -0.2) is 4.98 Å². The van der Waals surface area contributed by atoms with Gasteiger partial charge in [0.05, 0.1) is 19.6 Å². The molecule has 0 amide bonds. The fraction of sp³-hybridized carbons (Fsp3) is 0. The lowest BCUT2D eigenvalue weighted by Crippen LogP contribution is -1.95. The number of nitrogens with zero attached hydrogens (tertiary/aromatic N) is 3. The van der Waals surface area contributed by atoms with E-state index >= 15 is 0 Å². The topological polar surface area (TPSA) is 89.0 Å². The zero-order valence-electron chi connectivity index (χ0n) is 9.71. The fourth-order valence-corrected chi connectivity index (χ4v) is 1.95. The van der Waals surface area contributed by atoms with Gasteiger partial charge in [-0.05, 0) is 34.7 Å². The van der Waals surface area contributed by atoms with Crippen LogP contribution in [0.15, 0.2) is 30.3 Å². The Balaban J connectivity index is 2.37. The Bertz CT molecular complexity index is 730. The van der Waals surface area contributed by atoms with E-state index < -0.39 is 4.92 Å². The number of benzene rings is 1. The smallest absolute Gasteiger partial charge is 0.273 e. The fourth-order valence-electron chi connectivity index (χ4n) is 1.36. The second-order valence-electron chi connectivity index (χ2n) is 3.57. The molecule has 0 aliphatic rings. The lowest BCUT2D eigenvalue weighted by atomic mass is 10.3. The Morgan fingerprint density at radius 2 is 2.15 bits per heavy atom. The number of hydrogen-bond donors (Lipinski definition) is 0. The molecule has 0 spiro atoms.